The first-order valence-corrected chi connectivity index (χ1v) is 5.16. The highest BCUT2D eigenvalue weighted by Crippen LogP contribution is 2.11. The van der Waals surface area contributed by atoms with Gasteiger partial charge in [0.15, 0.2) is 0 Å². The molecule has 5 heteroatoms. The topological polar surface area (TPSA) is 65.1 Å². The summed E-state index contributed by atoms with van der Waals surface area (Å²) in [5, 5.41) is 4.93. The van der Waals surface area contributed by atoms with Gasteiger partial charge in [-0.15, -0.1) is 0 Å². The van der Waals surface area contributed by atoms with Gasteiger partial charge in [-0.3, -0.25) is 0 Å². The molecule has 4 nitrogen and oxygen atoms in total. The van der Waals surface area contributed by atoms with Gasteiger partial charge in [0.25, 0.3) is 0 Å². The van der Waals surface area contributed by atoms with Gasteiger partial charge in [0.05, 0.1) is 4.90 Å². The number of nitrogens with two attached hydrogens (primary N) is 1. The Bertz CT molecular complexity index is 365. The molecule has 0 saturated carbocycles. The van der Waals surface area contributed by atoms with E-state index < -0.39 is 10.0 Å². The Hall–Kier alpha value is -0.810. The van der Waals surface area contributed by atoms with Crippen molar-refractivity contribution in [3.63, 3.8) is 0 Å². The molecule has 0 aliphatic rings. The van der Waals surface area contributed by atoms with E-state index in [1.807, 2.05) is 13.8 Å². The molecule has 0 saturated heterocycles. The molecule has 0 fully saturated rings. The molecule has 0 unspecified atom stereocenters. The fourth-order valence-electron chi connectivity index (χ4n) is 0.882. The van der Waals surface area contributed by atoms with E-state index in [4.69, 9.17) is 5.14 Å². The van der Waals surface area contributed by atoms with Crippen LogP contribution in [0, 0.1) is 0 Å². The standard InChI is InChI=1S/C7H12N2O2S/c1-6(2)9-4-3-7(5-9)12(8,10)11/h3-6H,1-2H3,(H2,8,10,11). The van der Waals surface area contributed by atoms with E-state index >= 15 is 0 Å². The van der Waals surface area contributed by atoms with Gasteiger partial charge in [0, 0.05) is 18.4 Å². The van der Waals surface area contributed by atoms with Gasteiger partial charge in [-0.05, 0) is 19.9 Å². The van der Waals surface area contributed by atoms with Crippen molar-refractivity contribution in [2.45, 2.75) is 24.8 Å². The fourth-order valence-corrected chi connectivity index (χ4v) is 1.40. The second-order valence-electron chi connectivity index (χ2n) is 2.93. The molecular formula is C7H12N2O2S. The fraction of sp³-hybridized carbons (Fsp3) is 0.429. The molecule has 68 valence electrons. The molecule has 0 aromatic carbocycles. The molecule has 0 aliphatic heterocycles. The highest BCUT2D eigenvalue weighted by Gasteiger charge is 2.09. The van der Waals surface area contributed by atoms with Crippen LogP contribution in [0.25, 0.3) is 0 Å². The summed E-state index contributed by atoms with van der Waals surface area (Å²) in [6.45, 7) is 3.93. The molecule has 12 heavy (non-hydrogen) atoms. The zero-order chi connectivity index (χ0) is 9.35. The number of primary sulfonamides is 1. The van der Waals surface area contributed by atoms with Gasteiger partial charge in [-0.2, -0.15) is 0 Å². The minimum absolute atomic E-state index is 0.163. The van der Waals surface area contributed by atoms with E-state index in [2.05, 4.69) is 0 Å². The third-order valence-electron chi connectivity index (χ3n) is 1.61. The molecule has 1 aromatic rings. The van der Waals surface area contributed by atoms with Gasteiger partial charge < -0.3 is 4.57 Å². The van der Waals surface area contributed by atoms with Crippen LogP contribution in [0.15, 0.2) is 23.4 Å². The lowest BCUT2D eigenvalue weighted by Gasteiger charge is -2.04. The average Bonchev–Trinajstić information content (AvgIpc) is 2.30. The Balaban J connectivity index is 3.09. The van der Waals surface area contributed by atoms with Crippen molar-refractivity contribution in [1.29, 1.82) is 0 Å². The molecule has 0 bridgehead atoms. The second-order valence-corrected chi connectivity index (χ2v) is 4.49. The van der Waals surface area contributed by atoms with Crippen LogP contribution in [-0.4, -0.2) is 13.0 Å². The van der Waals surface area contributed by atoms with Crippen LogP contribution in [0.1, 0.15) is 19.9 Å². The zero-order valence-electron chi connectivity index (χ0n) is 7.06. The summed E-state index contributed by atoms with van der Waals surface area (Å²) in [4.78, 5) is 0.163. The summed E-state index contributed by atoms with van der Waals surface area (Å²) in [7, 11) is -3.54. The van der Waals surface area contributed by atoms with Crippen LogP contribution < -0.4 is 5.14 Å². The van der Waals surface area contributed by atoms with E-state index in [9.17, 15) is 8.42 Å². The van der Waals surface area contributed by atoms with Gasteiger partial charge in [-0.25, -0.2) is 13.6 Å². The second kappa shape index (κ2) is 2.91. The molecular weight excluding hydrogens is 176 g/mol. The van der Waals surface area contributed by atoms with Crippen molar-refractivity contribution in [2.75, 3.05) is 0 Å². The predicted octanol–water partition coefficient (Wildman–Crippen LogP) is 0.716. The number of rotatable bonds is 2. The summed E-state index contributed by atoms with van der Waals surface area (Å²) >= 11 is 0. The summed E-state index contributed by atoms with van der Waals surface area (Å²) < 4.78 is 23.5. The maximum Gasteiger partial charge on any atom is 0.239 e. The highest BCUT2D eigenvalue weighted by atomic mass is 32.2. The zero-order valence-corrected chi connectivity index (χ0v) is 7.88. The van der Waals surface area contributed by atoms with Crippen LogP contribution in [0.3, 0.4) is 0 Å². The molecule has 0 amide bonds. The van der Waals surface area contributed by atoms with E-state index in [1.165, 1.54) is 12.3 Å². The van der Waals surface area contributed by atoms with Gasteiger partial charge in [-0.1, -0.05) is 0 Å². The number of hydrogen-bond acceptors (Lipinski definition) is 2. The Kier molecular flexibility index (Phi) is 2.25. The quantitative estimate of drug-likeness (QED) is 0.743. The van der Waals surface area contributed by atoms with Crippen LogP contribution >= 0.6 is 0 Å². The van der Waals surface area contributed by atoms with E-state index in [0.29, 0.717) is 0 Å². The van der Waals surface area contributed by atoms with Crippen LogP contribution in [0.5, 0.6) is 0 Å². The molecule has 1 rings (SSSR count). The lowest BCUT2D eigenvalue weighted by Crippen LogP contribution is -2.11. The normalized spacial score (nSPS) is 12.3. The van der Waals surface area contributed by atoms with Crippen molar-refractivity contribution < 1.29 is 8.42 Å². The highest BCUT2D eigenvalue weighted by molar-refractivity contribution is 7.89. The molecule has 2 N–H and O–H groups in total. The predicted molar refractivity (Wildman–Crippen MR) is 46.2 cm³/mol. The Labute approximate surface area is 72.0 Å². The summed E-state index contributed by atoms with van der Waals surface area (Å²) in [5.74, 6) is 0. The average molecular weight is 188 g/mol. The summed E-state index contributed by atoms with van der Waals surface area (Å²) in [5.41, 5.74) is 0. The number of sulfonamides is 1. The van der Waals surface area contributed by atoms with Crippen molar-refractivity contribution in [1.82, 2.24) is 4.57 Å². The smallest absolute Gasteiger partial charge is 0.239 e. The van der Waals surface area contributed by atoms with Crippen molar-refractivity contribution in [3.05, 3.63) is 18.5 Å². The minimum Gasteiger partial charge on any atom is -0.350 e. The maximum absolute atomic E-state index is 10.8. The minimum atomic E-state index is -3.54. The van der Waals surface area contributed by atoms with Crippen LogP contribution in [-0.2, 0) is 10.0 Å². The van der Waals surface area contributed by atoms with Gasteiger partial charge >= 0.3 is 0 Å². The maximum atomic E-state index is 10.8. The summed E-state index contributed by atoms with van der Waals surface area (Å²) in [6.07, 6.45) is 3.23. The number of nitrogens with zero attached hydrogens (tertiary/aromatic N) is 1. The first-order chi connectivity index (χ1) is 5.41. The number of aromatic nitrogens is 1. The first-order valence-electron chi connectivity index (χ1n) is 3.61. The molecule has 1 heterocycles. The van der Waals surface area contributed by atoms with Crippen molar-refractivity contribution >= 4 is 10.0 Å². The van der Waals surface area contributed by atoms with Gasteiger partial charge in [0.2, 0.25) is 10.0 Å². The Morgan fingerprint density at radius 1 is 1.50 bits per heavy atom. The molecule has 0 aliphatic carbocycles. The SMILES string of the molecule is CC(C)n1ccc(S(N)(=O)=O)c1. The molecule has 1 aromatic heterocycles. The van der Waals surface area contributed by atoms with Crippen LogP contribution in [0.4, 0.5) is 0 Å². The third kappa shape index (κ3) is 1.86. The Morgan fingerprint density at radius 2 is 2.08 bits per heavy atom. The summed E-state index contributed by atoms with van der Waals surface area (Å²) in [6, 6.07) is 1.75. The van der Waals surface area contributed by atoms with Gasteiger partial charge in [0.1, 0.15) is 0 Å². The third-order valence-corrected chi connectivity index (χ3v) is 2.51. The van der Waals surface area contributed by atoms with Crippen molar-refractivity contribution in [2.24, 2.45) is 5.14 Å². The van der Waals surface area contributed by atoms with Crippen LogP contribution in [0.2, 0.25) is 0 Å². The monoisotopic (exact) mass is 188 g/mol. The Morgan fingerprint density at radius 3 is 2.33 bits per heavy atom. The number of hydrogen-bond donors (Lipinski definition) is 1. The van der Waals surface area contributed by atoms with E-state index in [-0.39, 0.29) is 10.9 Å². The van der Waals surface area contributed by atoms with E-state index in [0.717, 1.165) is 0 Å². The molecule has 0 spiro atoms. The lowest BCUT2D eigenvalue weighted by atomic mass is 10.4. The van der Waals surface area contributed by atoms with Crippen molar-refractivity contribution in [3.8, 4) is 0 Å². The largest absolute Gasteiger partial charge is 0.350 e. The molecule has 0 atom stereocenters. The van der Waals surface area contributed by atoms with E-state index in [1.54, 1.807) is 10.8 Å². The first kappa shape index (κ1) is 9.28. The lowest BCUT2D eigenvalue weighted by molar-refractivity contribution is 0.589. The molecule has 0 radical (unpaired) electrons.